The van der Waals surface area contributed by atoms with E-state index < -0.39 is 15.6 Å². The number of unbranched alkanes of at least 4 members (excludes halogenated alkanes) is 1. The fourth-order valence-electron chi connectivity index (χ4n) is 2.53. The van der Waals surface area contributed by atoms with E-state index in [1.165, 1.54) is 6.33 Å². The third-order valence-corrected chi connectivity index (χ3v) is 6.41. The zero-order chi connectivity index (χ0) is 18.6. The molecule has 7 nitrogen and oxygen atoms in total. The highest BCUT2D eigenvalue weighted by Gasteiger charge is 2.13. The number of carbonyl (C=O) groups excluding carboxylic acids is 1. The number of carbonyl (C=O) groups is 1. The number of hydrogen-bond donors (Lipinski definition) is 0. The van der Waals surface area contributed by atoms with Crippen LogP contribution in [0, 0.1) is 0 Å². The molecule has 1 aromatic carbocycles. The molecule has 0 N–H and O–H groups in total. The van der Waals surface area contributed by atoms with E-state index in [1.54, 1.807) is 41.5 Å². The van der Waals surface area contributed by atoms with E-state index in [0.717, 1.165) is 29.4 Å². The van der Waals surface area contributed by atoms with Crippen molar-refractivity contribution in [2.45, 2.75) is 26.7 Å². The minimum absolute atomic E-state index is 0.382. The highest BCUT2D eigenvalue weighted by molar-refractivity contribution is 7.93. The standard InChI is InChI=1S/C18H21N5O2S/c1-3-5-8-26(25,4-2)22-18(24)14-6-7-17-15(9-14)12-23(21-17)16-10-19-13-20-11-16/h6-7,9-13H,3-5,8H2,1-2H3. The maximum absolute atomic E-state index is 12.7. The predicted octanol–water partition coefficient (Wildman–Crippen LogP) is 3.24. The van der Waals surface area contributed by atoms with Crippen LogP contribution < -0.4 is 0 Å². The average molecular weight is 371 g/mol. The van der Waals surface area contributed by atoms with Gasteiger partial charge in [-0.3, -0.25) is 4.79 Å². The maximum atomic E-state index is 12.7. The molecule has 136 valence electrons. The summed E-state index contributed by atoms with van der Waals surface area (Å²) in [6.45, 7) is 3.84. The van der Waals surface area contributed by atoms with Crippen LogP contribution in [0.25, 0.3) is 16.6 Å². The van der Waals surface area contributed by atoms with Gasteiger partial charge in [-0.2, -0.15) is 9.46 Å². The van der Waals surface area contributed by atoms with Crippen molar-refractivity contribution < 1.29 is 9.00 Å². The van der Waals surface area contributed by atoms with Gasteiger partial charge in [0.15, 0.2) is 0 Å². The summed E-state index contributed by atoms with van der Waals surface area (Å²) in [6.07, 6.45) is 8.30. The lowest BCUT2D eigenvalue weighted by molar-refractivity contribution is 0.100. The summed E-state index contributed by atoms with van der Waals surface area (Å²) in [5, 5.41) is 5.25. The van der Waals surface area contributed by atoms with Crippen LogP contribution in [0.2, 0.25) is 0 Å². The van der Waals surface area contributed by atoms with E-state index in [4.69, 9.17) is 0 Å². The SMILES string of the molecule is CCCCS(=O)(CC)=NC(=O)c1ccc2nn(-c3cncnc3)cc2c1. The molecule has 0 radical (unpaired) electrons. The molecule has 0 aliphatic rings. The number of amides is 1. The van der Waals surface area contributed by atoms with Crippen molar-refractivity contribution in [3.8, 4) is 5.69 Å². The molecule has 1 amide bonds. The number of nitrogens with zero attached hydrogens (tertiary/aromatic N) is 5. The van der Waals surface area contributed by atoms with Crippen molar-refractivity contribution in [1.82, 2.24) is 19.7 Å². The smallest absolute Gasteiger partial charge is 0.266 e. The number of aromatic nitrogens is 4. The van der Waals surface area contributed by atoms with Gasteiger partial charge in [0.05, 0.1) is 27.6 Å². The first-order valence-corrected chi connectivity index (χ1v) is 10.4. The second-order valence-electron chi connectivity index (χ2n) is 5.96. The fourth-order valence-corrected chi connectivity index (χ4v) is 4.19. The molecule has 2 aromatic heterocycles. The van der Waals surface area contributed by atoms with Gasteiger partial charge in [-0.1, -0.05) is 20.3 Å². The van der Waals surface area contributed by atoms with Gasteiger partial charge in [0, 0.05) is 28.7 Å². The monoisotopic (exact) mass is 371 g/mol. The van der Waals surface area contributed by atoms with Gasteiger partial charge in [-0.05, 0) is 24.6 Å². The van der Waals surface area contributed by atoms with Gasteiger partial charge in [0.25, 0.3) is 5.91 Å². The van der Waals surface area contributed by atoms with Crippen LogP contribution in [-0.4, -0.2) is 41.4 Å². The van der Waals surface area contributed by atoms with Crippen molar-refractivity contribution in [2.24, 2.45) is 4.36 Å². The van der Waals surface area contributed by atoms with Crippen LogP contribution in [0.4, 0.5) is 0 Å². The van der Waals surface area contributed by atoms with Crippen molar-refractivity contribution >= 4 is 26.5 Å². The Morgan fingerprint density at radius 2 is 2.00 bits per heavy atom. The Morgan fingerprint density at radius 1 is 1.23 bits per heavy atom. The van der Waals surface area contributed by atoms with Crippen LogP contribution in [0.3, 0.4) is 0 Å². The van der Waals surface area contributed by atoms with Crippen molar-refractivity contribution in [2.75, 3.05) is 11.5 Å². The molecular weight excluding hydrogens is 350 g/mol. The molecule has 0 aliphatic carbocycles. The molecule has 8 heteroatoms. The Labute approximate surface area is 152 Å². The zero-order valence-electron chi connectivity index (χ0n) is 14.8. The lowest BCUT2D eigenvalue weighted by Gasteiger charge is -2.06. The Bertz CT molecular complexity index is 1040. The molecule has 0 saturated carbocycles. The second kappa shape index (κ2) is 7.74. The van der Waals surface area contributed by atoms with Crippen LogP contribution in [0.5, 0.6) is 0 Å². The Hall–Kier alpha value is -2.61. The third-order valence-electron chi connectivity index (χ3n) is 4.08. The maximum Gasteiger partial charge on any atom is 0.285 e. The summed E-state index contributed by atoms with van der Waals surface area (Å²) in [7, 11) is -2.49. The quantitative estimate of drug-likeness (QED) is 0.663. The van der Waals surface area contributed by atoms with Crippen molar-refractivity contribution in [3.05, 3.63) is 48.7 Å². The topological polar surface area (TPSA) is 90.1 Å². The van der Waals surface area contributed by atoms with Crippen LogP contribution >= 0.6 is 0 Å². The molecule has 2 heterocycles. The highest BCUT2D eigenvalue weighted by Crippen LogP contribution is 2.18. The summed E-state index contributed by atoms with van der Waals surface area (Å²) in [5.41, 5.74) is 1.89. The van der Waals surface area contributed by atoms with Gasteiger partial charge < -0.3 is 0 Å². The van der Waals surface area contributed by atoms with Crippen LogP contribution in [-0.2, 0) is 9.73 Å². The summed E-state index contributed by atoms with van der Waals surface area (Å²) in [6, 6.07) is 5.16. The minimum atomic E-state index is -2.49. The minimum Gasteiger partial charge on any atom is -0.266 e. The molecule has 0 spiro atoms. The first kappa shape index (κ1) is 18.2. The average Bonchev–Trinajstić information content (AvgIpc) is 3.10. The lowest BCUT2D eigenvalue weighted by Crippen LogP contribution is -2.11. The molecule has 0 saturated heterocycles. The first-order valence-electron chi connectivity index (χ1n) is 8.56. The number of rotatable bonds is 6. The van der Waals surface area contributed by atoms with E-state index >= 15 is 0 Å². The zero-order valence-corrected chi connectivity index (χ0v) is 15.6. The Kier molecular flexibility index (Phi) is 5.41. The third kappa shape index (κ3) is 3.96. The van der Waals surface area contributed by atoms with Crippen molar-refractivity contribution in [1.29, 1.82) is 0 Å². The van der Waals surface area contributed by atoms with Gasteiger partial charge in [0.2, 0.25) is 0 Å². The Morgan fingerprint density at radius 3 is 2.69 bits per heavy atom. The van der Waals surface area contributed by atoms with E-state index in [1.807, 2.05) is 13.8 Å². The molecule has 1 atom stereocenters. The largest absolute Gasteiger partial charge is 0.285 e. The van der Waals surface area contributed by atoms with Crippen LogP contribution in [0.1, 0.15) is 37.0 Å². The lowest BCUT2D eigenvalue weighted by atomic mass is 10.1. The van der Waals surface area contributed by atoms with Gasteiger partial charge in [-0.15, -0.1) is 0 Å². The molecular formula is C18H21N5O2S. The predicted molar refractivity (Wildman–Crippen MR) is 102 cm³/mol. The van der Waals surface area contributed by atoms with Gasteiger partial charge in [-0.25, -0.2) is 18.9 Å². The molecule has 0 bridgehead atoms. The normalized spacial score (nSPS) is 13.5. The van der Waals surface area contributed by atoms with E-state index in [2.05, 4.69) is 19.4 Å². The number of fused-ring (bicyclic) bond motifs is 1. The second-order valence-corrected chi connectivity index (χ2v) is 8.67. The van der Waals surface area contributed by atoms with E-state index in [9.17, 15) is 9.00 Å². The van der Waals surface area contributed by atoms with E-state index in [-0.39, 0.29) is 0 Å². The molecule has 26 heavy (non-hydrogen) atoms. The number of hydrogen-bond acceptors (Lipinski definition) is 5. The highest BCUT2D eigenvalue weighted by atomic mass is 32.2. The fraction of sp³-hybridized carbons (Fsp3) is 0.333. The summed E-state index contributed by atoms with van der Waals surface area (Å²) < 4.78 is 18.4. The summed E-state index contributed by atoms with van der Waals surface area (Å²) in [5.74, 6) is 0.401. The number of benzene rings is 1. The molecule has 3 rings (SSSR count). The molecule has 0 aliphatic heterocycles. The van der Waals surface area contributed by atoms with Gasteiger partial charge >= 0.3 is 0 Å². The van der Waals surface area contributed by atoms with E-state index in [0.29, 0.717) is 17.1 Å². The molecule has 1 unspecified atom stereocenters. The van der Waals surface area contributed by atoms with Crippen molar-refractivity contribution in [3.63, 3.8) is 0 Å². The van der Waals surface area contributed by atoms with Crippen LogP contribution in [0.15, 0.2) is 47.5 Å². The molecule has 3 aromatic rings. The summed E-state index contributed by atoms with van der Waals surface area (Å²) >= 11 is 0. The summed E-state index contributed by atoms with van der Waals surface area (Å²) in [4.78, 5) is 20.5. The molecule has 0 fully saturated rings. The Balaban J connectivity index is 1.93. The first-order chi connectivity index (χ1) is 12.5. The van der Waals surface area contributed by atoms with Gasteiger partial charge in [0.1, 0.15) is 12.0 Å².